The molecule has 0 N–H and O–H groups in total. The van der Waals surface area contributed by atoms with Crippen LogP contribution in [0.4, 0.5) is 0 Å². The molecule has 0 spiro atoms. The van der Waals surface area contributed by atoms with E-state index in [0.29, 0.717) is 0 Å². The average Bonchev–Trinajstić information content (AvgIpc) is 2.58. The topological polar surface area (TPSA) is 23.3 Å². The highest BCUT2D eigenvalue weighted by Crippen LogP contribution is 2.24. The zero-order valence-corrected chi connectivity index (χ0v) is 13.1. The van der Waals surface area contributed by atoms with Crippen molar-refractivity contribution in [1.29, 1.82) is 0 Å². The lowest BCUT2D eigenvalue weighted by Crippen LogP contribution is -2.51. The molecule has 2 aromatic rings. The Bertz CT molecular complexity index is 546. The van der Waals surface area contributed by atoms with Crippen LogP contribution in [0.15, 0.2) is 60.7 Å². The second-order valence-electron chi connectivity index (χ2n) is 6.16. The quantitative estimate of drug-likeness (QED) is 0.798. The maximum atomic E-state index is 5.77. The molecule has 1 saturated heterocycles. The number of aryl methyl sites for hydroxylation is 1. The zero-order chi connectivity index (χ0) is 15.1. The molecule has 0 aromatic heterocycles. The molecule has 2 nitrogen and oxygen atoms in total. The zero-order valence-electron chi connectivity index (χ0n) is 13.1. The summed E-state index contributed by atoms with van der Waals surface area (Å²) in [6.07, 6.45) is 4.36. The molecule has 2 aromatic carbocycles. The van der Waals surface area contributed by atoms with Gasteiger partial charge in [0.2, 0.25) is 0 Å². The van der Waals surface area contributed by atoms with E-state index in [1.54, 1.807) is 0 Å². The van der Waals surface area contributed by atoms with Crippen molar-refractivity contribution in [3.63, 3.8) is 0 Å². The lowest BCUT2D eigenvalue weighted by atomic mass is 9.85. The Morgan fingerprint density at radius 2 is 1.59 bits per heavy atom. The predicted octanol–water partition coefficient (Wildman–Crippen LogP) is 3.63. The average molecular weight is 294 g/mol. The Hall–Kier alpha value is -1.64. The summed E-state index contributed by atoms with van der Waals surface area (Å²) in [5.74, 6) is 0. The van der Waals surface area contributed by atoms with Crippen LogP contribution >= 0.6 is 0 Å². The molecule has 0 saturated carbocycles. The summed E-state index contributed by atoms with van der Waals surface area (Å²) in [5.41, 5.74) is 2.74. The standard InChI is InChI=1S/C20H24NO/c1-3-8-18(9-4-1)12-7-13-20(17-22-15-14-21-20)16-19-10-5-2-6-11-19/h1-6,8-11H,7,12-17H2. The van der Waals surface area contributed by atoms with Crippen LogP contribution in [0.25, 0.3) is 0 Å². The fourth-order valence-corrected chi connectivity index (χ4v) is 3.24. The molecule has 3 rings (SSSR count). The van der Waals surface area contributed by atoms with Gasteiger partial charge in [0.05, 0.1) is 18.8 Å². The van der Waals surface area contributed by atoms with Crippen LogP contribution in [-0.2, 0) is 17.6 Å². The Balaban J connectivity index is 1.62. The third-order valence-corrected chi connectivity index (χ3v) is 4.38. The number of hydrogen-bond acceptors (Lipinski definition) is 1. The van der Waals surface area contributed by atoms with Gasteiger partial charge in [-0.05, 0) is 36.8 Å². The summed E-state index contributed by atoms with van der Waals surface area (Å²) in [4.78, 5) is 0. The minimum Gasteiger partial charge on any atom is -0.378 e. The van der Waals surface area contributed by atoms with Crippen LogP contribution in [0.1, 0.15) is 24.0 Å². The first-order valence-corrected chi connectivity index (χ1v) is 8.21. The van der Waals surface area contributed by atoms with Gasteiger partial charge in [0.25, 0.3) is 0 Å². The van der Waals surface area contributed by atoms with Crippen LogP contribution in [0, 0.1) is 0 Å². The van der Waals surface area contributed by atoms with E-state index < -0.39 is 0 Å². The summed E-state index contributed by atoms with van der Waals surface area (Å²) in [5, 5.41) is 4.96. The number of rotatable bonds is 6. The van der Waals surface area contributed by atoms with Gasteiger partial charge in [-0.2, -0.15) is 0 Å². The fraction of sp³-hybridized carbons (Fsp3) is 0.400. The van der Waals surface area contributed by atoms with Gasteiger partial charge in [-0.1, -0.05) is 60.7 Å². The first kappa shape index (κ1) is 15.3. The van der Waals surface area contributed by atoms with Gasteiger partial charge in [-0.3, -0.25) is 0 Å². The number of ether oxygens (including phenoxy) is 1. The molecule has 0 aliphatic carbocycles. The minimum absolute atomic E-state index is 0.0333. The van der Waals surface area contributed by atoms with Crippen LogP contribution in [0.3, 0.4) is 0 Å². The minimum atomic E-state index is -0.0333. The molecule has 22 heavy (non-hydrogen) atoms. The van der Waals surface area contributed by atoms with Gasteiger partial charge in [0.15, 0.2) is 0 Å². The SMILES string of the molecule is c1ccc(CCCC2(Cc3ccccc3)COCC[N]2)cc1. The van der Waals surface area contributed by atoms with E-state index in [9.17, 15) is 0 Å². The van der Waals surface area contributed by atoms with Gasteiger partial charge in [-0.25, -0.2) is 5.32 Å². The third kappa shape index (κ3) is 4.19. The molecule has 2 heteroatoms. The van der Waals surface area contributed by atoms with Crippen molar-refractivity contribution in [2.75, 3.05) is 19.8 Å². The van der Waals surface area contributed by atoms with E-state index in [2.05, 4.69) is 60.7 Å². The second kappa shape index (κ2) is 7.57. The van der Waals surface area contributed by atoms with E-state index in [0.717, 1.165) is 45.4 Å². The van der Waals surface area contributed by atoms with Crippen LogP contribution in [0.5, 0.6) is 0 Å². The molecule has 1 atom stereocenters. The molecular formula is C20H24NO. The van der Waals surface area contributed by atoms with E-state index >= 15 is 0 Å². The smallest absolute Gasteiger partial charge is 0.0668 e. The van der Waals surface area contributed by atoms with E-state index in [4.69, 9.17) is 10.1 Å². The van der Waals surface area contributed by atoms with Crippen molar-refractivity contribution < 1.29 is 4.74 Å². The first-order chi connectivity index (χ1) is 10.9. The molecule has 1 fully saturated rings. The molecule has 1 heterocycles. The van der Waals surface area contributed by atoms with Crippen molar-refractivity contribution in [2.45, 2.75) is 31.2 Å². The van der Waals surface area contributed by atoms with Gasteiger partial charge in [0, 0.05) is 6.54 Å². The summed E-state index contributed by atoms with van der Waals surface area (Å²) in [6.45, 7) is 2.37. The molecule has 1 aliphatic rings. The van der Waals surface area contributed by atoms with Crippen LogP contribution in [0.2, 0.25) is 0 Å². The highest BCUT2D eigenvalue weighted by Gasteiger charge is 2.33. The summed E-state index contributed by atoms with van der Waals surface area (Å²) in [7, 11) is 0. The Labute approximate surface area is 133 Å². The van der Waals surface area contributed by atoms with Crippen molar-refractivity contribution >= 4 is 0 Å². The lowest BCUT2D eigenvalue weighted by molar-refractivity contribution is 0.0192. The van der Waals surface area contributed by atoms with Gasteiger partial charge >= 0.3 is 0 Å². The molecule has 1 unspecified atom stereocenters. The molecule has 0 amide bonds. The Morgan fingerprint density at radius 3 is 2.23 bits per heavy atom. The number of nitrogens with zero attached hydrogens (tertiary/aromatic N) is 1. The van der Waals surface area contributed by atoms with E-state index in [1.165, 1.54) is 11.1 Å². The van der Waals surface area contributed by atoms with Crippen LogP contribution in [-0.4, -0.2) is 25.3 Å². The van der Waals surface area contributed by atoms with E-state index in [-0.39, 0.29) is 5.54 Å². The number of hydrogen-bond donors (Lipinski definition) is 0. The van der Waals surface area contributed by atoms with Crippen molar-refractivity contribution in [3.8, 4) is 0 Å². The largest absolute Gasteiger partial charge is 0.378 e. The molecule has 0 bridgehead atoms. The maximum absolute atomic E-state index is 5.77. The number of morpholine rings is 1. The van der Waals surface area contributed by atoms with Gasteiger partial charge < -0.3 is 4.74 Å². The van der Waals surface area contributed by atoms with Crippen molar-refractivity contribution in [2.24, 2.45) is 0 Å². The lowest BCUT2D eigenvalue weighted by Gasteiger charge is -2.37. The second-order valence-corrected chi connectivity index (χ2v) is 6.16. The number of benzene rings is 2. The normalized spacial score (nSPS) is 21.6. The fourth-order valence-electron chi connectivity index (χ4n) is 3.24. The monoisotopic (exact) mass is 294 g/mol. The molecular weight excluding hydrogens is 270 g/mol. The Morgan fingerprint density at radius 1 is 0.909 bits per heavy atom. The highest BCUT2D eigenvalue weighted by atomic mass is 16.5. The summed E-state index contributed by atoms with van der Waals surface area (Å²) in [6, 6.07) is 21.4. The van der Waals surface area contributed by atoms with Gasteiger partial charge in [-0.15, -0.1) is 0 Å². The molecule has 115 valence electrons. The van der Waals surface area contributed by atoms with Crippen molar-refractivity contribution in [1.82, 2.24) is 5.32 Å². The summed E-state index contributed by atoms with van der Waals surface area (Å²) >= 11 is 0. The van der Waals surface area contributed by atoms with E-state index in [1.807, 2.05) is 0 Å². The predicted molar refractivity (Wildman–Crippen MR) is 90.1 cm³/mol. The summed E-state index contributed by atoms with van der Waals surface area (Å²) < 4.78 is 5.77. The molecule has 1 radical (unpaired) electrons. The van der Waals surface area contributed by atoms with Crippen LogP contribution < -0.4 is 5.32 Å². The van der Waals surface area contributed by atoms with Crippen molar-refractivity contribution in [3.05, 3.63) is 71.8 Å². The molecule has 1 aliphatic heterocycles. The van der Waals surface area contributed by atoms with Gasteiger partial charge in [0.1, 0.15) is 0 Å². The highest BCUT2D eigenvalue weighted by molar-refractivity contribution is 5.19. The Kier molecular flexibility index (Phi) is 5.25. The first-order valence-electron chi connectivity index (χ1n) is 8.21. The third-order valence-electron chi connectivity index (χ3n) is 4.38. The maximum Gasteiger partial charge on any atom is 0.0668 e.